The number of amides is 4. The molecule has 0 bridgehead atoms. The third-order valence-corrected chi connectivity index (χ3v) is 9.43. The molecule has 11 heteroatoms. The van der Waals surface area contributed by atoms with Gasteiger partial charge in [0.05, 0.1) is 12.3 Å². The minimum Gasteiger partial charge on any atom is -0.350 e. The maximum absolute atomic E-state index is 14.2. The summed E-state index contributed by atoms with van der Waals surface area (Å²) >= 11 is 0. The lowest BCUT2D eigenvalue weighted by molar-refractivity contribution is -0.142. The molecule has 2 aliphatic heterocycles. The molecular weight excluding hydrogens is 522 g/mol. The molecule has 1 aromatic heterocycles. The minimum atomic E-state index is -0.908. The Kier molecular flexibility index (Phi) is 7.79. The number of nitrogens with one attached hydrogen (secondary N) is 3. The van der Waals surface area contributed by atoms with Crippen LogP contribution in [0.3, 0.4) is 0 Å². The van der Waals surface area contributed by atoms with Gasteiger partial charge in [-0.25, -0.2) is 4.98 Å². The predicted octanol–water partition coefficient (Wildman–Crippen LogP) is 2.24. The fourth-order valence-electron chi connectivity index (χ4n) is 6.97. The normalized spacial score (nSPS) is 25.7. The van der Waals surface area contributed by atoms with Crippen molar-refractivity contribution in [2.45, 2.75) is 109 Å². The van der Waals surface area contributed by atoms with Crippen LogP contribution < -0.4 is 16.0 Å². The van der Waals surface area contributed by atoms with Crippen molar-refractivity contribution >= 4 is 23.6 Å². The van der Waals surface area contributed by atoms with Crippen LogP contribution in [-0.4, -0.2) is 68.7 Å². The Hall–Kier alpha value is -3.55. The Balaban J connectivity index is 1.34. The average molecular weight is 564 g/mol. The smallest absolute Gasteiger partial charge is 0.272 e. The second-order valence-electron chi connectivity index (χ2n) is 13.7. The molecule has 4 atom stereocenters. The summed E-state index contributed by atoms with van der Waals surface area (Å²) in [6.07, 6.45) is 12.7. The molecule has 0 aromatic carbocycles. The highest BCUT2D eigenvalue weighted by atomic mass is 16.2. The third-order valence-electron chi connectivity index (χ3n) is 9.43. The number of rotatable bonds is 7. The summed E-state index contributed by atoms with van der Waals surface area (Å²) in [5.74, 6) is -1.57. The van der Waals surface area contributed by atoms with Gasteiger partial charge in [0, 0.05) is 30.4 Å². The molecular formula is C30H41N7O4. The zero-order valence-corrected chi connectivity index (χ0v) is 24.2. The average Bonchev–Trinajstić information content (AvgIpc) is 3.49. The minimum absolute atomic E-state index is 0.0531. The largest absolute Gasteiger partial charge is 0.350 e. The second kappa shape index (κ2) is 11.0. The number of nitriles is 1. The monoisotopic (exact) mass is 563 g/mol. The number of nitrogens with zero attached hydrogens (tertiary/aromatic N) is 4. The molecule has 4 amide bonds. The van der Waals surface area contributed by atoms with Crippen molar-refractivity contribution in [1.82, 2.24) is 30.8 Å². The van der Waals surface area contributed by atoms with Gasteiger partial charge in [-0.05, 0) is 55.8 Å². The SMILES string of the molecule is CC(C)(C)C(NC(=O)c1cnccn1)C(=O)N1CC2(CCCCC2)CC1C(=O)NC(C#N)CC1CC2(CC2)NC1=O. The van der Waals surface area contributed by atoms with Crippen LogP contribution in [-0.2, 0) is 14.4 Å². The molecule has 2 saturated heterocycles. The van der Waals surface area contributed by atoms with Gasteiger partial charge >= 0.3 is 0 Å². The maximum Gasteiger partial charge on any atom is 0.272 e. The molecule has 2 saturated carbocycles. The Morgan fingerprint density at radius 3 is 2.44 bits per heavy atom. The van der Waals surface area contributed by atoms with E-state index in [0.717, 1.165) is 44.9 Å². The van der Waals surface area contributed by atoms with Gasteiger partial charge in [0.2, 0.25) is 17.7 Å². The maximum atomic E-state index is 14.2. The van der Waals surface area contributed by atoms with Crippen LogP contribution in [0.15, 0.2) is 18.6 Å². The van der Waals surface area contributed by atoms with Crippen LogP contribution in [0.25, 0.3) is 0 Å². The van der Waals surface area contributed by atoms with Crippen LogP contribution in [0.4, 0.5) is 0 Å². The second-order valence-corrected chi connectivity index (χ2v) is 13.7. The van der Waals surface area contributed by atoms with Crippen LogP contribution in [0.2, 0.25) is 0 Å². The van der Waals surface area contributed by atoms with Crippen molar-refractivity contribution in [2.24, 2.45) is 16.7 Å². The van der Waals surface area contributed by atoms with Crippen molar-refractivity contribution in [3.05, 3.63) is 24.3 Å². The van der Waals surface area contributed by atoms with Crippen molar-refractivity contribution in [3.8, 4) is 6.07 Å². The van der Waals surface area contributed by atoms with E-state index in [1.807, 2.05) is 20.8 Å². The Morgan fingerprint density at radius 2 is 1.85 bits per heavy atom. The van der Waals surface area contributed by atoms with Gasteiger partial charge in [0.25, 0.3) is 5.91 Å². The quantitative estimate of drug-likeness (QED) is 0.459. The van der Waals surface area contributed by atoms with Gasteiger partial charge in [-0.1, -0.05) is 40.0 Å². The van der Waals surface area contributed by atoms with Gasteiger partial charge in [0.15, 0.2) is 0 Å². The fraction of sp³-hybridized carbons (Fsp3) is 0.700. The van der Waals surface area contributed by atoms with E-state index in [9.17, 15) is 24.4 Å². The molecule has 11 nitrogen and oxygen atoms in total. The highest BCUT2D eigenvalue weighted by Gasteiger charge is 2.54. The topological polar surface area (TPSA) is 157 Å². The molecule has 4 aliphatic rings. The number of hydrogen-bond acceptors (Lipinski definition) is 7. The first-order valence-electron chi connectivity index (χ1n) is 14.8. The summed E-state index contributed by atoms with van der Waals surface area (Å²) in [6.45, 7) is 6.05. The van der Waals surface area contributed by atoms with Crippen molar-refractivity contribution in [3.63, 3.8) is 0 Å². The highest BCUT2D eigenvalue weighted by molar-refractivity contribution is 5.97. The molecule has 2 spiro atoms. The number of hydrogen-bond donors (Lipinski definition) is 3. The summed E-state index contributed by atoms with van der Waals surface area (Å²) in [5, 5.41) is 18.7. The van der Waals surface area contributed by atoms with Crippen molar-refractivity contribution < 1.29 is 19.2 Å². The van der Waals surface area contributed by atoms with E-state index < -0.39 is 29.4 Å². The number of aromatic nitrogens is 2. The van der Waals surface area contributed by atoms with Crippen molar-refractivity contribution in [1.29, 1.82) is 5.26 Å². The van der Waals surface area contributed by atoms with Crippen LogP contribution >= 0.6 is 0 Å². The van der Waals surface area contributed by atoms with E-state index in [1.165, 1.54) is 18.6 Å². The van der Waals surface area contributed by atoms with E-state index in [0.29, 0.717) is 19.4 Å². The Bertz CT molecular complexity index is 1230. The fourth-order valence-corrected chi connectivity index (χ4v) is 6.97. The summed E-state index contributed by atoms with van der Waals surface area (Å²) < 4.78 is 0. The van der Waals surface area contributed by atoms with Gasteiger partial charge in [-0.3, -0.25) is 24.2 Å². The lowest BCUT2D eigenvalue weighted by Gasteiger charge is -2.36. The van der Waals surface area contributed by atoms with Gasteiger partial charge in [-0.2, -0.15) is 5.26 Å². The van der Waals surface area contributed by atoms with E-state index in [2.05, 4.69) is 32.0 Å². The first kappa shape index (κ1) is 29.0. The molecule has 4 unspecified atom stereocenters. The Morgan fingerprint density at radius 1 is 1.12 bits per heavy atom. The zero-order valence-electron chi connectivity index (χ0n) is 24.2. The lowest BCUT2D eigenvalue weighted by atomic mass is 9.72. The molecule has 220 valence electrons. The summed E-state index contributed by atoms with van der Waals surface area (Å²) in [7, 11) is 0. The summed E-state index contributed by atoms with van der Waals surface area (Å²) in [5.41, 5.74) is -0.818. The molecule has 5 rings (SSSR count). The van der Waals surface area contributed by atoms with E-state index in [1.54, 1.807) is 4.90 Å². The first-order chi connectivity index (χ1) is 19.4. The van der Waals surface area contributed by atoms with E-state index in [4.69, 9.17) is 0 Å². The van der Waals surface area contributed by atoms with Gasteiger partial charge < -0.3 is 20.9 Å². The predicted molar refractivity (Wildman–Crippen MR) is 149 cm³/mol. The van der Waals surface area contributed by atoms with Gasteiger partial charge in [0.1, 0.15) is 23.8 Å². The molecule has 1 aromatic rings. The molecule has 4 fully saturated rings. The number of carbonyl (C=O) groups excluding carboxylic acids is 4. The molecule has 3 heterocycles. The lowest BCUT2D eigenvalue weighted by Crippen LogP contribution is -2.58. The number of likely N-dealkylation sites (tertiary alicyclic amines) is 1. The Labute approximate surface area is 241 Å². The summed E-state index contributed by atoms with van der Waals surface area (Å²) in [4.78, 5) is 63.2. The first-order valence-corrected chi connectivity index (χ1v) is 14.8. The molecule has 3 N–H and O–H groups in total. The zero-order chi connectivity index (χ0) is 29.4. The van der Waals surface area contributed by atoms with Crippen LogP contribution in [0.5, 0.6) is 0 Å². The third kappa shape index (κ3) is 6.21. The van der Waals surface area contributed by atoms with Gasteiger partial charge in [-0.15, -0.1) is 0 Å². The molecule has 41 heavy (non-hydrogen) atoms. The molecule has 2 aliphatic carbocycles. The summed E-state index contributed by atoms with van der Waals surface area (Å²) in [6, 6.07) is -0.329. The highest BCUT2D eigenvalue weighted by Crippen LogP contribution is 2.48. The van der Waals surface area contributed by atoms with E-state index in [-0.39, 0.29) is 46.7 Å². The van der Waals surface area contributed by atoms with Crippen LogP contribution in [0.1, 0.15) is 95.5 Å². The molecule has 0 radical (unpaired) electrons. The van der Waals surface area contributed by atoms with E-state index >= 15 is 0 Å². The number of carbonyl (C=O) groups is 4. The van der Waals surface area contributed by atoms with Crippen LogP contribution in [0, 0.1) is 28.1 Å². The standard InChI is InChI=1S/C30H41N7O4/c1-28(2,3)23(35-25(39)21-17-32-11-12-33-21)27(41)37-18-29(7-5-4-6-8-29)15-22(37)26(40)34-20(16-31)13-19-14-30(9-10-30)36-24(19)38/h11-12,17,19-20,22-23H,4-10,13-15,18H2,1-3H3,(H,34,40)(H,35,39)(H,36,38). The van der Waals surface area contributed by atoms with Crippen molar-refractivity contribution in [2.75, 3.05) is 6.54 Å².